The molecule has 0 unspecified atom stereocenters. The van der Waals surface area contributed by atoms with E-state index < -0.39 is 5.97 Å². The van der Waals surface area contributed by atoms with Gasteiger partial charge in [0.25, 0.3) is 0 Å². The molecule has 0 atom stereocenters. The zero-order valence-corrected chi connectivity index (χ0v) is 16.1. The summed E-state index contributed by atoms with van der Waals surface area (Å²) in [6, 6.07) is 25.1. The lowest BCUT2D eigenvalue weighted by atomic mass is 10.2. The number of benzene rings is 3. The van der Waals surface area contributed by atoms with Gasteiger partial charge in [0.1, 0.15) is 0 Å². The molecule has 0 N–H and O–H groups in total. The second-order valence-corrected chi connectivity index (χ2v) is 6.84. The van der Waals surface area contributed by atoms with Crippen molar-refractivity contribution in [2.45, 2.75) is 0 Å². The summed E-state index contributed by atoms with van der Waals surface area (Å²) >= 11 is 12.2. The Morgan fingerprint density at radius 3 is 2.25 bits per heavy atom. The van der Waals surface area contributed by atoms with Crippen LogP contribution in [0.2, 0.25) is 10.0 Å². The van der Waals surface area contributed by atoms with Crippen molar-refractivity contribution in [3.63, 3.8) is 0 Å². The van der Waals surface area contributed by atoms with Crippen LogP contribution in [0.3, 0.4) is 0 Å². The average molecular weight is 409 g/mol. The van der Waals surface area contributed by atoms with Crippen LogP contribution < -0.4 is 4.74 Å². The van der Waals surface area contributed by atoms with E-state index in [1.165, 1.54) is 4.68 Å². The summed E-state index contributed by atoms with van der Waals surface area (Å²) in [5.41, 5.74) is 2.57. The van der Waals surface area contributed by atoms with Crippen molar-refractivity contribution < 1.29 is 9.53 Å². The number of para-hydroxylation sites is 1. The first-order chi connectivity index (χ1) is 13.6. The fourth-order valence-electron chi connectivity index (χ4n) is 2.72. The molecule has 3 aromatic carbocycles. The Morgan fingerprint density at radius 2 is 1.54 bits per heavy atom. The maximum atomic E-state index is 12.6. The topological polar surface area (TPSA) is 44.1 Å². The van der Waals surface area contributed by atoms with Crippen LogP contribution in [0.4, 0.5) is 0 Å². The number of hydrogen-bond donors (Lipinski definition) is 0. The van der Waals surface area contributed by atoms with Gasteiger partial charge < -0.3 is 4.74 Å². The highest BCUT2D eigenvalue weighted by Crippen LogP contribution is 2.30. The minimum absolute atomic E-state index is 0.270. The number of ether oxygens (including phenoxy) is 1. The van der Waals surface area contributed by atoms with Gasteiger partial charge >= 0.3 is 5.97 Å². The van der Waals surface area contributed by atoms with Crippen molar-refractivity contribution >= 4 is 29.2 Å². The zero-order valence-electron chi connectivity index (χ0n) is 14.5. The largest absolute Gasteiger partial charge is 0.404 e. The molecule has 0 aliphatic carbocycles. The lowest BCUT2D eigenvalue weighted by Gasteiger charge is -2.09. The van der Waals surface area contributed by atoms with Crippen molar-refractivity contribution in [3.05, 3.63) is 101 Å². The van der Waals surface area contributed by atoms with E-state index in [0.717, 1.165) is 5.56 Å². The van der Waals surface area contributed by atoms with E-state index in [2.05, 4.69) is 5.10 Å². The Labute approximate surface area is 171 Å². The van der Waals surface area contributed by atoms with Crippen LogP contribution in [-0.4, -0.2) is 15.7 Å². The Bertz CT molecular complexity index is 1120. The van der Waals surface area contributed by atoms with E-state index in [9.17, 15) is 4.79 Å². The minimum atomic E-state index is -0.510. The molecule has 0 saturated heterocycles. The minimum Gasteiger partial charge on any atom is -0.404 e. The second kappa shape index (κ2) is 7.89. The van der Waals surface area contributed by atoms with E-state index in [1.54, 1.807) is 36.4 Å². The summed E-state index contributed by atoms with van der Waals surface area (Å²) < 4.78 is 7.17. The summed E-state index contributed by atoms with van der Waals surface area (Å²) in [6.07, 6.45) is 0. The molecule has 1 heterocycles. The van der Waals surface area contributed by atoms with E-state index in [0.29, 0.717) is 27.0 Å². The highest BCUT2D eigenvalue weighted by Gasteiger charge is 2.18. The molecule has 4 aromatic rings. The van der Waals surface area contributed by atoms with E-state index in [4.69, 9.17) is 27.9 Å². The lowest BCUT2D eigenvalue weighted by molar-refractivity contribution is 0.0723. The molecule has 0 saturated carbocycles. The molecule has 138 valence electrons. The van der Waals surface area contributed by atoms with Crippen LogP contribution >= 0.6 is 23.2 Å². The van der Waals surface area contributed by atoms with E-state index in [-0.39, 0.29) is 5.88 Å². The summed E-state index contributed by atoms with van der Waals surface area (Å²) in [5.74, 6) is -0.239. The van der Waals surface area contributed by atoms with Crippen LogP contribution in [-0.2, 0) is 0 Å². The smallest absolute Gasteiger partial charge is 0.344 e. The molecular formula is C22H14Cl2N2O2. The van der Waals surface area contributed by atoms with Crippen LogP contribution in [0.1, 0.15) is 10.4 Å². The zero-order chi connectivity index (χ0) is 19.5. The van der Waals surface area contributed by atoms with Crippen LogP contribution in [0, 0.1) is 0 Å². The van der Waals surface area contributed by atoms with Gasteiger partial charge in [-0.25, -0.2) is 4.79 Å². The second-order valence-electron chi connectivity index (χ2n) is 5.99. The normalized spacial score (nSPS) is 10.6. The molecular weight excluding hydrogens is 395 g/mol. The molecule has 28 heavy (non-hydrogen) atoms. The Balaban J connectivity index is 1.76. The van der Waals surface area contributed by atoms with Crippen molar-refractivity contribution in [2.75, 3.05) is 0 Å². The van der Waals surface area contributed by atoms with Gasteiger partial charge in [0.15, 0.2) is 0 Å². The summed E-state index contributed by atoms with van der Waals surface area (Å²) in [6.45, 7) is 0. The first kappa shape index (κ1) is 18.3. The number of hydrogen-bond acceptors (Lipinski definition) is 3. The average Bonchev–Trinajstić information content (AvgIpc) is 3.13. The lowest BCUT2D eigenvalue weighted by Crippen LogP contribution is -2.11. The maximum absolute atomic E-state index is 12.6. The van der Waals surface area contributed by atoms with E-state index in [1.807, 2.05) is 48.5 Å². The number of halogens is 2. The first-order valence-electron chi connectivity index (χ1n) is 8.50. The molecule has 4 nitrogen and oxygen atoms in total. The Hall–Kier alpha value is -3.08. The van der Waals surface area contributed by atoms with Gasteiger partial charge in [-0.3, -0.25) is 0 Å². The Kier molecular flexibility index (Phi) is 5.15. The number of carbonyl (C=O) groups is 1. The fraction of sp³-hybridized carbons (Fsp3) is 0. The predicted molar refractivity (Wildman–Crippen MR) is 110 cm³/mol. The summed E-state index contributed by atoms with van der Waals surface area (Å²) in [7, 11) is 0. The highest BCUT2D eigenvalue weighted by atomic mass is 35.5. The van der Waals surface area contributed by atoms with Crippen LogP contribution in [0.5, 0.6) is 5.88 Å². The molecule has 0 bridgehead atoms. The monoisotopic (exact) mass is 408 g/mol. The predicted octanol–water partition coefficient (Wildman–Crippen LogP) is 6.07. The van der Waals surface area contributed by atoms with Gasteiger partial charge in [-0.1, -0.05) is 65.7 Å². The third kappa shape index (κ3) is 3.79. The van der Waals surface area contributed by atoms with Gasteiger partial charge in [-0.05, 0) is 36.4 Å². The number of carbonyl (C=O) groups excluding carboxylic acids is 1. The summed E-state index contributed by atoms with van der Waals surface area (Å²) in [4.78, 5) is 12.6. The third-order valence-corrected chi connectivity index (χ3v) is 4.68. The fourth-order valence-corrected chi connectivity index (χ4v) is 3.06. The highest BCUT2D eigenvalue weighted by molar-refractivity contribution is 6.32. The molecule has 0 radical (unpaired) electrons. The molecule has 0 spiro atoms. The molecule has 4 rings (SSSR count). The Morgan fingerprint density at radius 1 is 0.857 bits per heavy atom. The van der Waals surface area contributed by atoms with Crippen molar-refractivity contribution in [1.82, 2.24) is 9.78 Å². The number of esters is 1. The van der Waals surface area contributed by atoms with Crippen molar-refractivity contribution in [3.8, 4) is 22.8 Å². The molecule has 0 fully saturated rings. The number of rotatable bonds is 4. The molecule has 0 amide bonds. The SMILES string of the molecule is O=C(Oc1cc(-c2ccccc2)nn1-c1ccccc1Cl)c1ccc(Cl)cc1. The number of aromatic nitrogens is 2. The number of nitrogens with zero attached hydrogens (tertiary/aromatic N) is 2. The van der Waals surface area contributed by atoms with Gasteiger partial charge in [-0.2, -0.15) is 9.78 Å². The van der Waals surface area contributed by atoms with Crippen LogP contribution in [0.15, 0.2) is 84.9 Å². The molecule has 1 aromatic heterocycles. The standard InChI is InChI=1S/C22H14Cl2N2O2/c23-17-12-10-16(11-13-17)22(27)28-21-14-19(15-6-2-1-3-7-15)25-26(21)20-9-5-4-8-18(20)24/h1-14H. The van der Waals surface area contributed by atoms with Gasteiger partial charge in [0.05, 0.1) is 22.0 Å². The summed E-state index contributed by atoms with van der Waals surface area (Å²) in [5, 5.41) is 5.65. The quantitative estimate of drug-likeness (QED) is 0.385. The molecule has 0 aliphatic rings. The van der Waals surface area contributed by atoms with Crippen LogP contribution in [0.25, 0.3) is 16.9 Å². The van der Waals surface area contributed by atoms with Crippen molar-refractivity contribution in [1.29, 1.82) is 0 Å². The molecule has 6 heteroatoms. The third-order valence-electron chi connectivity index (χ3n) is 4.10. The van der Waals surface area contributed by atoms with Crippen molar-refractivity contribution in [2.24, 2.45) is 0 Å². The maximum Gasteiger partial charge on any atom is 0.344 e. The first-order valence-corrected chi connectivity index (χ1v) is 9.25. The van der Waals surface area contributed by atoms with Gasteiger partial charge in [0, 0.05) is 16.7 Å². The van der Waals surface area contributed by atoms with Gasteiger partial charge in [-0.15, -0.1) is 0 Å². The van der Waals surface area contributed by atoms with Gasteiger partial charge in [0.2, 0.25) is 5.88 Å². The molecule has 0 aliphatic heterocycles. The van der Waals surface area contributed by atoms with E-state index >= 15 is 0 Å².